The van der Waals surface area contributed by atoms with E-state index in [0.717, 1.165) is 22.2 Å². The van der Waals surface area contributed by atoms with Crippen LogP contribution in [0.1, 0.15) is 39.0 Å². The zero-order chi connectivity index (χ0) is 27.6. The Labute approximate surface area is 230 Å². The summed E-state index contributed by atoms with van der Waals surface area (Å²) in [5.74, 6) is -0.780. The van der Waals surface area contributed by atoms with Gasteiger partial charge < -0.3 is 9.14 Å². The van der Waals surface area contributed by atoms with Gasteiger partial charge in [0, 0.05) is 11.3 Å². The van der Waals surface area contributed by atoms with Crippen LogP contribution >= 0.6 is 0 Å². The highest BCUT2D eigenvalue weighted by Crippen LogP contribution is 2.31. The van der Waals surface area contributed by atoms with E-state index < -0.39 is 5.97 Å². The molecule has 6 rings (SSSR count). The summed E-state index contributed by atoms with van der Waals surface area (Å²) >= 11 is 0. The van der Waals surface area contributed by atoms with E-state index in [9.17, 15) is 14.9 Å². The van der Waals surface area contributed by atoms with Gasteiger partial charge in [-0.25, -0.2) is 9.48 Å². The van der Waals surface area contributed by atoms with Gasteiger partial charge in [-0.05, 0) is 42.6 Å². The molecule has 0 aliphatic heterocycles. The highest BCUT2D eigenvalue weighted by atomic mass is 16.5. The highest BCUT2D eigenvalue weighted by Gasteiger charge is 2.27. The van der Waals surface area contributed by atoms with E-state index in [1.807, 2.05) is 101 Å². The number of ketones is 1. The third-order valence-electron chi connectivity index (χ3n) is 6.86. The van der Waals surface area contributed by atoms with Crippen LogP contribution in [0.5, 0.6) is 0 Å². The van der Waals surface area contributed by atoms with E-state index in [4.69, 9.17) is 4.74 Å². The number of hydrogen-bond acceptors (Lipinski definition) is 5. The Morgan fingerprint density at radius 1 is 0.875 bits per heavy atom. The quantitative estimate of drug-likeness (QED) is 0.178. The van der Waals surface area contributed by atoms with Gasteiger partial charge in [-0.1, -0.05) is 72.8 Å². The first-order valence-electron chi connectivity index (χ1n) is 13.0. The van der Waals surface area contributed by atoms with Gasteiger partial charge in [0.25, 0.3) is 0 Å². The second-order valence-corrected chi connectivity index (χ2v) is 9.28. The van der Waals surface area contributed by atoms with Crippen molar-refractivity contribution in [3.05, 3.63) is 126 Å². The minimum atomic E-state index is -0.452. The number of carbonyl (C=O) groups is 2. The molecule has 0 atom stereocenters. The predicted molar refractivity (Wildman–Crippen MR) is 153 cm³/mol. The maximum absolute atomic E-state index is 14.0. The molecule has 7 nitrogen and oxygen atoms in total. The lowest BCUT2D eigenvalue weighted by atomic mass is 10.0. The second-order valence-electron chi connectivity index (χ2n) is 9.28. The summed E-state index contributed by atoms with van der Waals surface area (Å²) in [5.41, 5.74) is 4.86. The van der Waals surface area contributed by atoms with Crippen LogP contribution in [0.3, 0.4) is 0 Å². The summed E-state index contributed by atoms with van der Waals surface area (Å²) in [6, 6.07) is 34.4. The van der Waals surface area contributed by atoms with Crippen molar-refractivity contribution >= 4 is 28.2 Å². The minimum Gasteiger partial charge on any atom is -0.462 e. The van der Waals surface area contributed by atoms with E-state index in [1.165, 1.54) is 0 Å². The lowest BCUT2D eigenvalue weighted by Gasteiger charge is -2.07. The fourth-order valence-corrected chi connectivity index (χ4v) is 5.12. The first-order valence-corrected chi connectivity index (χ1v) is 13.0. The number of para-hydroxylation sites is 2. The van der Waals surface area contributed by atoms with Gasteiger partial charge in [-0.2, -0.15) is 10.4 Å². The van der Waals surface area contributed by atoms with Gasteiger partial charge in [0.15, 0.2) is 5.78 Å². The topological polar surface area (TPSA) is 89.4 Å². The summed E-state index contributed by atoms with van der Waals surface area (Å²) < 4.78 is 8.87. The number of ether oxygens (including phenoxy) is 1. The number of Topliss-reactive ketones (excluding diaryl/α,β-unsaturated/α-hetero) is 1. The van der Waals surface area contributed by atoms with Gasteiger partial charge in [0.2, 0.25) is 0 Å². The number of carbonyl (C=O) groups excluding carboxylic acids is 2. The summed E-state index contributed by atoms with van der Waals surface area (Å²) in [4.78, 5) is 26.8. The van der Waals surface area contributed by atoms with E-state index in [-0.39, 0.29) is 30.1 Å². The molecular weight excluding hydrogens is 500 g/mol. The Kier molecular flexibility index (Phi) is 6.43. The zero-order valence-electron chi connectivity index (χ0n) is 21.7. The number of fused-ring (bicyclic) bond motifs is 3. The second kappa shape index (κ2) is 10.4. The Bertz CT molecular complexity index is 1930. The molecule has 0 fully saturated rings. The molecule has 0 saturated carbocycles. The smallest absolute Gasteiger partial charge is 0.340 e. The lowest BCUT2D eigenvalue weighted by Crippen LogP contribution is -2.09. The molecule has 0 radical (unpaired) electrons. The molecule has 0 N–H and O–H groups in total. The number of esters is 1. The minimum absolute atomic E-state index is 0.0662. The molecule has 3 aromatic carbocycles. The van der Waals surface area contributed by atoms with Crippen LogP contribution in [0.4, 0.5) is 0 Å². The molecule has 0 aliphatic carbocycles. The van der Waals surface area contributed by atoms with Crippen molar-refractivity contribution < 1.29 is 14.3 Å². The van der Waals surface area contributed by atoms with Crippen LogP contribution in [0, 0.1) is 11.3 Å². The van der Waals surface area contributed by atoms with Crippen molar-refractivity contribution in [3.63, 3.8) is 0 Å². The Balaban J connectivity index is 1.52. The first-order chi connectivity index (χ1) is 19.6. The molecule has 0 saturated heterocycles. The van der Waals surface area contributed by atoms with Crippen molar-refractivity contribution in [1.29, 1.82) is 5.26 Å². The molecule has 194 valence electrons. The van der Waals surface area contributed by atoms with Gasteiger partial charge >= 0.3 is 5.97 Å². The van der Waals surface area contributed by atoms with Crippen LogP contribution in [0.2, 0.25) is 0 Å². The van der Waals surface area contributed by atoms with Crippen LogP contribution in [0.15, 0.2) is 103 Å². The number of nitrogens with zero attached hydrogens (tertiary/aromatic N) is 4. The Morgan fingerprint density at radius 2 is 1.57 bits per heavy atom. The number of benzene rings is 3. The maximum Gasteiger partial charge on any atom is 0.340 e. The highest BCUT2D eigenvalue weighted by molar-refractivity contribution is 6.03. The summed E-state index contributed by atoms with van der Waals surface area (Å²) in [6.07, 6.45) is -0.0662. The number of nitriles is 1. The van der Waals surface area contributed by atoms with Gasteiger partial charge in [0.05, 0.1) is 41.0 Å². The van der Waals surface area contributed by atoms with Gasteiger partial charge in [0.1, 0.15) is 17.3 Å². The molecular formula is C33H24N4O3. The van der Waals surface area contributed by atoms with Crippen LogP contribution in [0.25, 0.3) is 33.4 Å². The summed E-state index contributed by atoms with van der Waals surface area (Å²) in [5, 5.41) is 15.9. The molecule has 0 aliphatic rings. The Hall–Kier alpha value is -5.48. The van der Waals surface area contributed by atoms with Crippen LogP contribution in [-0.2, 0) is 11.2 Å². The molecule has 7 heteroatoms. The zero-order valence-corrected chi connectivity index (χ0v) is 21.7. The molecule has 3 aromatic heterocycles. The molecule has 0 unspecified atom stereocenters. The summed E-state index contributed by atoms with van der Waals surface area (Å²) in [6.45, 7) is 2.00. The maximum atomic E-state index is 14.0. The third-order valence-corrected chi connectivity index (χ3v) is 6.86. The number of hydrogen-bond donors (Lipinski definition) is 0. The van der Waals surface area contributed by atoms with Crippen molar-refractivity contribution in [1.82, 2.24) is 14.2 Å². The summed E-state index contributed by atoms with van der Waals surface area (Å²) in [7, 11) is 0. The number of aromatic nitrogens is 3. The average molecular weight is 525 g/mol. The van der Waals surface area contributed by atoms with Crippen LogP contribution < -0.4 is 0 Å². The van der Waals surface area contributed by atoms with Crippen molar-refractivity contribution in [2.24, 2.45) is 0 Å². The SMILES string of the molecule is CCOC(=O)c1cc(CC(=O)c2nn(-c3ccccc3)c(-c3ccccc3)c2C#N)n2c1ccc1ccccc12. The van der Waals surface area contributed by atoms with E-state index in [2.05, 4.69) is 11.2 Å². The molecule has 0 spiro atoms. The monoisotopic (exact) mass is 524 g/mol. The Morgan fingerprint density at radius 3 is 2.30 bits per heavy atom. The fraction of sp³-hybridized carbons (Fsp3) is 0.0909. The first kappa shape index (κ1) is 24.8. The van der Waals surface area contributed by atoms with Crippen molar-refractivity contribution in [2.45, 2.75) is 13.3 Å². The molecule has 0 amide bonds. The van der Waals surface area contributed by atoms with E-state index in [0.29, 0.717) is 22.5 Å². The van der Waals surface area contributed by atoms with Crippen LogP contribution in [-0.4, -0.2) is 32.5 Å². The standard InChI is InChI=1S/C33H24N4O3/c1-2-40-33(39)26-19-25(36-28-16-10-9-11-22(28)17-18-29(26)36)20-30(38)31-27(21-34)32(23-12-5-3-6-13-23)37(35-31)24-14-7-4-8-15-24/h3-19H,2,20H2,1H3. The van der Waals surface area contributed by atoms with Gasteiger partial charge in [-0.15, -0.1) is 0 Å². The van der Waals surface area contributed by atoms with Crippen molar-refractivity contribution in [2.75, 3.05) is 6.61 Å². The third kappa shape index (κ3) is 4.22. The fourth-order valence-electron chi connectivity index (χ4n) is 5.12. The number of rotatable bonds is 7. The molecule has 40 heavy (non-hydrogen) atoms. The average Bonchev–Trinajstić information content (AvgIpc) is 3.57. The van der Waals surface area contributed by atoms with Gasteiger partial charge in [-0.3, -0.25) is 4.79 Å². The largest absolute Gasteiger partial charge is 0.462 e. The van der Waals surface area contributed by atoms with Crippen molar-refractivity contribution in [3.8, 4) is 23.0 Å². The van der Waals surface area contributed by atoms with E-state index in [1.54, 1.807) is 17.7 Å². The molecule has 6 aromatic rings. The predicted octanol–water partition coefficient (Wildman–Crippen LogP) is 6.42. The molecule has 3 heterocycles. The lowest BCUT2D eigenvalue weighted by molar-refractivity contribution is 0.0528. The molecule has 0 bridgehead atoms. The normalized spacial score (nSPS) is 11.0. The van der Waals surface area contributed by atoms with E-state index >= 15 is 0 Å². The number of pyridine rings is 1.